The summed E-state index contributed by atoms with van der Waals surface area (Å²) in [5.41, 5.74) is 1.16. The second-order valence-corrected chi connectivity index (χ2v) is 6.01. The van der Waals surface area contributed by atoms with Gasteiger partial charge in [-0.25, -0.2) is 0 Å². The molecule has 0 saturated heterocycles. The van der Waals surface area contributed by atoms with Crippen LogP contribution in [-0.2, 0) is 0 Å². The number of amides is 1. The number of nitrogens with one attached hydrogen (secondary N) is 1. The number of fused-ring (bicyclic) bond motifs is 1. The van der Waals surface area contributed by atoms with Gasteiger partial charge in [-0.05, 0) is 41.1 Å². The van der Waals surface area contributed by atoms with E-state index < -0.39 is 6.04 Å². The molecular weight excluding hydrogens is 326 g/mol. The van der Waals surface area contributed by atoms with Crippen LogP contribution in [0.25, 0.3) is 10.8 Å². The molecule has 128 valence electrons. The maximum atomic E-state index is 12.7. The molecule has 1 amide bonds. The van der Waals surface area contributed by atoms with Gasteiger partial charge < -0.3 is 14.8 Å². The smallest absolute Gasteiger partial charge is 0.252 e. The van der Waals surface area contributed by atoms with Crippen molar-refractivity contribution in [3.8, 4) is 5.75 Å². The fourth-order valence-corrected chi connectivity index (χ4v) is 3.13. The Hall–Kier alpha value is -3.53. The number of aromatic hydroxyl groups is 1. The SMILES string of the molecule is O=C(NC(c1ccco1)c1c(O)ccc2ccccc12)c1ccccc1. The van der Waals surface area contributed by atoms with Gasteiger partial charge in [0.2, 0.25) is 0 Å². The molecule has 4 rings (SSSR count). The molecule has 0 radical (unpaired) electrons. The monoisotopic (exact) mass is 343 g/mol. The number of furan rings is 1. The quantitative estimate of drug-likeness (QED) is 0.566. The molecule has 26 heavy (non-hydrogen) atoms. The molecule has 0 aliphatic rings. The molecule has 4 nitrogen and oxygen atoms in total. The van der Waals surface area contributed by atoms with Crippen LogP contribution in [0, 0.1) is 0 Å². The third-order valence-corrected chi connectivity index (χ3v) is 4.38. The van der Waals surface area contributed by atoms with Gasteiger partial charge in [-0.15, -0.1) is 0 Å². The van der Waals surface area contributed by atoms with Crippen LogP contribution in [0.2, 0.25) is 0 Å². The minimum Gasteiger partial charge on any atom is -0.508 e. The number of phenols is 1. The van der Waals surface area contributed by atoms with Crippen LogP contribution >= 0.6 is 0 Å². The van der Waals surface area contributed by atoms with E-state index in [-0.39, 0.29) is 11.7 Å². The van der Waals surface area contributed by atoms with Gasteiger partial charge in [0.05, 0.1) is 6.26 Å². The molecular formula is C22H17NO3. The maximum Gasteiger partial charge on any atom is 0.252 e. The van der Waals surface area contributed by atoms with Crippen molar-refractivity contribution in [1.82, 2.24) is 5.32 Å². The van der Waals surface area contributed by atoms with Crippen molar-refractivity contribution in [3.63, 3.8) is 0 Å². The molecule has 1 heterocycles. The number of hydrogen-bond donors (Lipinski definition) is 2. The molecule has 0 bridgehead atoms. The first-order valence-electron chi connectivity index (χ1n) is 8.34. The summed E-state index contributed by atoms with van der Waals surface area (Å²) >= 11 is 0. The van der Waals surface area contributed by atoms with E-state index >= 15 is 0 Å². The first-order chi connectivity index (χ1) is 12.7. The van der Waals surface area contributed by atoms with E-state index in [1.165, 1.54) is 0 Å². The van der Waals surface area contributed by atoms with Gasteiger partial charge in [-0.1, -0.05) is 48.5 Å². The van der Waals surface area contributed by atoms with Crippen LogP contribution in [0.5, 0.6) is 5.75 Å². The van der Waals surface area contributed by atoms with Crippen LogP contribution in [0.15, 0.2) is 89.5 Å². The Labute approximate surface area is 150 Å². The van der Waals surface area contributed by atoms with E-state index in [2.05, 4.69) is 5.32 Å². The van der Waals surface area contributed by atoms with Crippen LogP contribution in [-0.4, -0.2) is 11.0 Å². The highest BCUT2D eigenvalue weighted by atomic mass is 16.3. The highest BCUT2D eigenvalue weighted by Gasteiger charge is 2.25. The fraction of sp³-hybridized carbons (Fsp3) is 0.0455. The number of phenolic OH excluding ortho intramolecular Hbond substituents is 1. The largest absolute Gasteiger partial charge is 0.508 e. The van der Waals surface area contributed by atoms with E-state index in [0.717, 1.165) is 10.8 Å². The molecule has 2 N–H and O–H groups in total. The minimum atomic E-state index is -0.608. The van der Waals surface area contributed by atoms with Crippen molar-refractivity contribution >= 4 is 16.7 Å². The second kappa shape index (κ2) is 6.76. The van der Waals surface area contributed by atoms with Crippen molar-refractivity contribution in [2.24, 2.45) is 0 Å². The summed E-state index contributed by atoms with van der Waals surface area (Å²) in [5, 5.41) is 15.4. The van der Waals surface area contributed by atoms with E-state index in [0.29, 0.717) is 16.9 Å². The van der Waals surface area contributed by atoms with Crippen molar-refractivity contribution in [2.75, 3.05) is 0 Å². The van der Waals surface area contributed by atoms with Crippen LogP contribution in [0.4, 0.5) is 0 Å². The lowest BCUT2D eigenvalue weighted by Crippen LogP contribution is -2.29. The van der Waals surface area contributed by atoms with Crippen LogP contribution in [0.1, 0.15) is 27.7 Å². The van der Waals surface area contributed by atoms with Crippen molar-refractivity contribution in [3.05, 3.63) is 102 Å². The topological polar surface area (TPSA) is 62.5 Å². The van der Waals surface area contributed by atoms with Gasteiger partial charge in [-0.2, -0.15) is 0 Å². The first kappa shape index (κ1) is 16.0. The summed E-state index contributed by atoms with van der Waals surface area (Å²) in [6.45, 7) is 0. The average molecular weight is 343 g/mol. The lowest BCUT2D eigenvalue weighted by atomic mass is 9.95. The normalized spacial score (nSPS) is 12.0. The predicted molar refractivity (Wildman–Crippen MR) is 100 cm³/mol. The Morgan fingerprint density at radius 3 is 2.42 bits per heavy atom. The number of hydrogen-bond acceptors (Lipinski definition) is 3. The van der Waals surface area contributed by atoms with Gasteiger partial charge in [0.25, 0.3) is 5.91 Å². The van der Waals surface area contributed by atoms with Crippen molar-refractivity contribution in [1.29, 1.82) is 0 Å². The van der Waals surface area contributed by atoms with E-state index in [1.807, 2.05) is 48.5 Å². The predicted octanol–water partition coefficient (Wildman–Crippen LogP) is 4.66. The molecule has 0 spiro atoms. The molecule has 4 aromatic rings. The zero-order valence-corrected chi connectivity index (χ0v) is 13.9. The zero-order valence-electron chi connectivity index (χ0n) is 13.9. The Bertz CT molecular complexity index is 1040. The summed E-state index contributed by atoms with van der Waals surface area (Å²) in [6, 6.07) is 23.2. The molecule has 0 fully saturated rings. The van der Waals surface area contributed by atoms with Gasteiger partial charge in [0.1, 0.15) is 17.6 Å². The van der Waals surface area contributed by atoms with E-state index in [1.54, 1.807) is 36.6 Å². The average Bonchev–Trinajstić information content (AvgIpc) is 3.22. The fourth-order valence-electron chi connectivity index (χ4n) is 3.13. The van der Waals surface area contributed by atoms with Gasteiger partial charge in [-0.3, -0.25) is 4.79 Å². The summed E-state index contributed by atoms with van der Waals surface area (Å²) in [5.74, 6) is 0.429. The highest BCUT2D eigenvalue weighted by Crippen LogP contribution is 2.36. The van der Waals surface area contributed by atoms with Gasteiger partial charge >= 0.3 is 0 Å². The molecule has 3 aromatic carbocycles. The number of benzene rings is 3. The van der Waals surface area contributed by atoms with Crippen LogP contribution in [0.3, 0.4) is 0 Å². The number of rotatable bonds is 4. The molecule has 1 aromatic heterocycles. The Balaban J connectivity index is 1.83. The highest BCUT2D eigenvalue weighted by molar-refractivity contribution is 5.95. The summed E-state index contributed by atoms with van der Waals surface area (Å²) in [7, 11) is 0. The van der Waals surface area contributed by atoms with Crippen LogP contribution < -0.4 is 5.32 Å². The third-order valence-electron chi connectivity index (χ3n) is 4.38. The molecule has 1 unspecified atom stereocenters. The third kappa shape index (κ3) is 2.93. The molecule has 1 atom stereocenters. The summed E-state index contributed by atoms with van der Waals surface area (Å²) in [4.78, 5) is 12.7. The second-order valence-electron chi connectivity index (χ2n) is 6.01. The van der Waals surface area contributed by atoms with Gasteiger partial charge in [0.15, 0.2) is 0 Å². The lowest BCUT2D eigenvalue weighted by Gasteiger charge is -2.20. The Morgan fingerprint density at radius 1 is 0.885 bits per heavy atom. The number of carbonyl (C=O) groups is 1. The van der Waals surface area contributed by atoms with Gasteiger partial charge in [0, 0.05) is 11.1 Å². The first-order valence-corrected chi connectivity index (χ1v) is 8.34. The molecule has 0 saturated carbocycles. The van der Waals surface area contributed by atoms with Crippen molar-refractivity contribution < 1.29 is 14.3 Å². The number of carbonyl (C=O) groups excluding carboxylic acids is 1. The molecule has 0 aliphatic carbocycles. The standard InChI is InChI=1S/C22H17NO3/c24-18-13-12-15-7-4-5-10-17(15)20(18)21(19-11-6-14-26-19)23-22(25)16-8-2-1-3-9-16/h1-14,21,24H,(H,23,25). The molecule has 4 heteroatoms. The Kier molecular flexibility index (Phi) is 4.15. The molecule has 0 aliphatic heterocycles. The lowest BCUT2D eigenvalue weighted by molar-refractivity contribution is 0.0939. The summed E-state index contributed by atoms with van der Waals surface area (Å²) in [6.07, 6.45) is 1.55. The zero-order chi connectivity index (χ0) is 17.9. The minimum absolute atomic E-state index is 0.110. The van der Waals surface area contributed by atoms with Crippen molar-refractivity contribution in [2.45, 2.75) is 6.04 Å². The Morgan fingerprint density at radius 2 is 1.65 bits per heavy atom. The maximum absolute atomic E-state index is 12.7. The van der Waals surface area contributed by atoms with E-state index in [9.17, 15) is 9.90 Å². The van der Waals surface area contributed by atoms with E-state index in [4.69, 9.17) is 4.42 Å². The summed E-state index contributed by atoms with van der Waals surface area (Å²) < 4.78 is 5.56.